The Balaban J connectivity index is 2.79. The molecule has 0 heterocycles. The second kappa shape index (κ2) is 5.12. The molecular formula is C7H9N5O4S. The van der Waals surface area contributed by atoms with Crippen LogP contribution in [0.1, 0.15) is 0 Å². The first-order valence-corrected chi connectivity index (χ1v) is 5.71. The predicted octanol–water partition coefficient (Wildman–Crippen LogP) is -1.02. The van der Waals surface area contributed by atoms with Crippen LogP contribution in [0.2, 0.25) is 0 Å². The van der Waals surface area contributed by atoms with Gasteiger partial charge in [-0.25, -0.2) is 10.1 Å². The van der Waals surface area contributed by atoms with Crippen LogP contribution in [0, 0.1) is 10.1 Å². The highest BCUT2D eigenvalue weighted by atomic mass is 32.2. The molecule has 0 atom stereocenters. The van der Waals surface area contributed by atoms with Gasteiger partial charge in [0.2, 0.25) is 0 Å². The van der Waals surface area contributed by atoms with Crippen LogP contribution in [0.15, 0.2) is 40.3 Å². The zero-order valence-electron chi connectivity index (χ0n) is 8.40. The molecule has 0 aliphatic rings. The average molecular weight is 259 g/mol. The molecule has 0 fully saturated rings. The van der Waals surface area contributed by atoms with Gasteiger partial charge in [-0.1, -0.05) is 23.6 Å². The van der Waals surface area contributed by atoms with Gasteiger partial charge in [0.25, 0.3) is 16.0 Å². The molecule has 4 N–H and O–H groups in total. The van der Waals surface area contributed by atoms with Gasteiger partial charge in [0.1, 0.15) is 0 Å². The van der Waals surface area contributed by atoms with Crippen molar-refractivity contribution in [2.75, 3.05) is 0 Å². The third kappa shape index (κ3) is 3.95. The van der Waals surface area contributed by atoms with Gasteiger partial charge >= 0.3 is 0 Å². The first kappa shape index (κ1) is 12.7. The number of hydrogen-bond donors (Lipinski definition) is 3. The Morgan fingerprint density at radius 3 is 2.47 bits per heavy atom. The van der Waals surface area contributed by atoms with E-state index in [4.69, 9.17) is 5.73 Å². The zero-order valence-corrected chi connectivity index (χ0v) is 9.22. The number of guanidine groups is 1. The lowest BCUT2D eigenvalue weighted by molar-refractivity contribution is -0.525. The number of hydrazine groups is 1. The molecule has 0 aliphatic heterocycles. The number of nitrogens with zero attached hydrogens (tertiary/aromatic N) is 2. The minimum Gasteiger partial charge on any atom is -0.364 e. The van der Waals surface area contributed by atoms with E-state index in [2.05, 4.69) is 5.10 Å². The predicted molar refractivity (Wildman–Crippen MR) is 58.5 cm³/mol. The molecule has 1 rings (SSSR count). The lowest BCUT2D eigenvalue weighted by Crippen LogP contribution is -2.38. The summed E-state index contributed by atoms with van der Waals surface area (Å²) in [4.78, 5) is 11.7. The summed E-state index contributed by atoms with van der Waals surface area (Å²) in [6.07, 6.45) is 0. The Hall–Kier alpha value is -2.36. The fourth-order valence-electron chi connectivity index (χ4n) is 0.880. The van der Waals surface area contributed by atoms with Gasteiger partial charge < -0.3 is 5.73 Å². The summed E-state index contributed by atoms with van der Waals surface area (Å²) in [6.45, 7) is 0. The van der Waals surface area contributed by atoms with Crippen molar-refractivity contribution in [3.8, 4) is 0 Å². The summed E-state index contributed by atoms with van der Waals surface area (Å²) in [6, 6.07) is 7.38. The number of nitro groups is 1. The molecule has 0 bridgehead atoms. The second-order valence-corrected chi connectivity index (χ2v) is 4.43. The number of hydrazone groups is 1. The van der Waals surface area contributed by atoms with Crippen molar-refractivity contribution in [2.45, 2.75) is 4.90 Å². The quantitative estimate of drug-likeness (QED) is 0.273. The summed E-state index contributed by atoms with van der Waals surface area (Å²) in [5.41, 5.74) is 6.52. The van der Waals surface area contributed by atoms with Crippen LogP contribution in [0.3, 0.4) is 0 Å². The molecule has 92 valence electrons. The van der Waals surface area contributed by atoms with E-state index in [9.17, 15) is 18.5 Å². The van der Waals surface area contributed by atoms with E-state index in [1.165, 1.54) is 29.7 Å². The van der Waals surface area contributed by atoms with E-state index in [1.807, 2.05) is 0 Å². The van der Waals surface area contributed by atoms with Crippen LogP contribution in [0.5, 0.6) is 0 Å². The standard InChI is InChI=1S/C7H9N5O4S/c8-7(10-12(13)14)9-11-17(15,16)6-4-2-1-3-5-6/h1-5,11H,(H3,8,9,10). The Morgan fingerprint density at radius 2 is 1.94 bits per heavy atom. The summed E-state index contributed by atoms with van der Waals surface area (Å²) in [5, 5.41) is 12.1. The van der Waals surface area contributed by atoms with Crippen molar-refractivity contribution in [1.82, 2.24) is 10.3 Å². The Labute approximate surface area is 96.5 Å². The van der Waals surface area contributed by atoms with E-state index < -0.39 is 21.0 Å². The molecule has 0 radical (unpaired) electrons. The summed E-state index contributed by atoms with van der Waals surface area (Å²) < 4.78 is 23.1. The first-order valence-electron chi connectivity index (χ1n) is 4.23. The number of benzene rings is 1. The van der Waals surface area contributed by atoms with Crippen molar-refractivity contribution in [3.63, 3.8) is 0 Å². The van der Waals surface area contributed by atoms with Gasteiger partial charge in [-0.05, 0) is 12.1 Å². The van der Waals surface area contributed by atoms with E-state index >= 15 is 0 Å². The molecule has 17 heavy (non-hydrogen) atoms. The molecule has 0 unspecified atom stereocenters. The Morgan fingerprint density at radius 1 is 1.35 bits per heavy atom. The maximum atomic E-state index is 11.6. The molecule has 0 aliphatic carbocycles. The smallest absolute Gasteiger partial charge is 0.276 e. The fraction of sp³-hybridized carbons (Fsp3) is 0. The minimum absolute atomic E-state index is 0.0300. The van der Waals surface area contributed by atoms with Crippen molar-refractivity contribution < 1.29 is 13.5 Å². The van der Waals surface area contributed by atoms with Gasteiger partial charge in [-0.2, -0.15) is 13.2 Å². The van der Waals surface area contributed by atoms with E-state index in [-0.39, 0.29) is 4.90 Å². The lowest BCUT2D eigenvalue weighted by atomic mass is 10.4. The summed E-state index contributed by atoms with van der Waals surface area (Å²) >= 11 is 0. The van der Waals surface area contributed by atoms with Crippen molar-refractivity contribution >= 4 is 16.0 Å². The molecule has 0 spiro atoms. The second-order valence-electron chi connectivity index (χ2n) is 2.77. The highest BCUT2D eigenvalue weighted by molar-refractivity contribution is 7.89. The topological polar surface area (TPSA) is 140 Å². The number of nitrogens with one attached hydrogen (secondary N) is 2. The minimum atomic E-state index is -3.87. The average Bonchev–Trinajstić information content (AvgIpc) is 2.27. The normalized spacial score (nSPS) is 11.9. The maximum absolute atomic E-state index is 11.6. The molecule has 0 saturated carbocycles. The van der Waals surface area contributed by atoms with Gasteiger partial charge in [0.05, 0.1) is 4.90 Å². The van der Waals surface area contributed by atoms with Crippen LogP contribution < -0.4 is 16.0 Å². The molecule has 0 amide bonds. The van der Waals surface area contributed by atoms with E-state index in [0.717, 1.165) is 0 Å². The van der Waals surface area contributed by atoms with Crippen molar-refractivity contribution in [1.29, 1.82) is 0 Å². The number of sulfonamides is 1. The number of hydrogen-bond acceptors (Lipinski definition) is 5. The largest absolute Gasteiger partial charge is 0.364 e. The van der Waals surface area contributed by atoms with E-state index in [1.54, 1.807) is 10.9 Å². The van der Waals surface area contributed by atoms with Crippen molar-refractivity contribution in [2.24, 2.45) is 10.8 Å². The van der Waals surface area contributed by atoms with Gasteiger partial charge in [0.15, 0.2) is 5.03 Å². The van der Waals surface area contributed by atoms with Crippen LogP contribution in [0.25, 0.3) is 0 Å². The third-order valence-electron chi connectivity index (χ3n) is 1.55. The Bertz CT molecular complexity index is 526. The molecule has 1 aromatic rings. The lowest BCUT2D eigenvalue weighted by Gasteiger charge is -2.03. The molecule has 0 aromatic heterocycles. The number of nitrogens with two attached hydrogens (primary N) is 1. The van der Waals surface area contributed by atoms with E-state index in [0.29, 0.717) is 0 Å². The monoisotopic (exact) mass is 259 g/mol. The third-order valence-corrected chi connectivity index (χ3v) is 2.77. The molecule has 1 aromatic carbocycles. The molecule has 0 saturated heterocycles. The number of rotatable bonds is 4. The Kier molecular flexibility index (Phi) is 3.82. The first-order chi connectivity index (χ1) is 7.92. The van der Waals surface area contributed by atoms with Gasteiger partial charge in [-0.3, -0.25) is 0 Å². The SMILES string of the molecule is N/C(=N\NS(=O)(=O)c1ccccc1)N[N+](=O)[O-]. The highest BCUT2D eigenvalue weighted by Gasteiger charge is 2.12. The maximum Gasteiger partial charge on any atom is 0.276 e. The summed E-state index contributed by atoms with van der Waals surface area (Å²) in [5.74, 6) is -0.672. The van der Waals surface area contributed by atoms with Crippen LogP contribution in [0.4, 0.5) is 0 Å². The summed E-state index contributed by atoms with van der Waals surface area (Å²) in [7, 11) is -3.87. The highest BCUT2D eigenvalue weighted by Crippen LogP contribution is 2.06. The van der Waals surface area contributed by atoms with Gasteiger partial charge in [0, 0.05) is 0 Å². The fourth-order valence-corrected chi connectivity index (χ4v) is 1.72. The zero-order chi connectivity index (χ0) is 12.9. The molecular weight excluding hydrogens is 250 g/mol. The van der Waals surface area contributed by atoms with Crippen LogP contribution in [-0.4, -0.2) is 19.4 Å². The van der Waals surface area contributed by atoms with Gasteiger partial charge in [-0.15, -0.1) is 5.10 Å². The molecule has 9 nitrogen and oxygen atoms in total. The van der Waals surface area contributed by atoms with Crippen LogP contribution in [-0.2, 0) is 10.0 Å². The molecule has 10 heteroatoms. The van der Waals surface area contributed by atoms with Crippen molar-refractivity contribution in [3.05, 3.63) is 40.4 Å². The van der Waals surface area contributed by atoms with Crippen LogP contribution >= 0.6 is 0 Å².